The minimum absolute atomic E-state index is 0.377. The fraction of sp³-hybridized carbons (Fsp3) is 0.632. The summed E-state index contributed by atoms with van der Waals surface area (Å²) >= 11 is 1.65. The van der Waals surface area contributed by atoms with E-state index in [1.165, 1.54) is 0 Å². The van der Waals surface area contributed by atoms with Gasteiger partial charge in [-0.25, -0.2) is 18.1 Å². The van der Waals surface area contributed by atoms with Crippen LogP contribution in [0.5, 0.6) is 5.75 Å². The van der Waals surface area contributed by atoms with Gasteiger partial charge in [0.15, 0.2) is 5.13 Å². The Morgan fingerprint density at radius 2 is 2.00 bits per heavy atom. The molecule has 0 atom stereocenters. The van der Waals surface area contributed by atoms with Crippen LogP contribution in [-0.4, -0.2) is 37.8 Å². The van der Waals surface area contributed by atoms with Crippen molar-refractivity contribution in [2.24, 2.45) is 5.92 Å². The van der Waals surface area contributed by atoms with Crippen LogP contribution in [0.4, 0.5) is 5.13 Å². The number of benzene rings is 1. The van der Waals surface area contributed by atoms with Gasteiger partial charge in [-0.1, -0.05) is 11.3 Å². The molecule has 0 aliphatic heterocycles. The highest BCUT2D eigenvalue weighted by Crippen LogP contribution is 2.32. The van der Waals surface area contributed by atoms with E-state index in [0.29, 0.717) is 25.1 Å². The molecular weight excluding hydrogens is 382 g/mol. The molecule has 0 bridgehead atoms. The van der Waals surface area contributed by atoms with Crippen molar-refractivity contribution in [1.29, 1.82) is 0 Å². The maximum atomic E-state index is 11.9. The van der Waals surface area contributed by atoms with Crippen molar-refractivity contribution >= 4 is 36.7 Å². The second-order valence-corrected chi connectivity index (χ2v) is 10.7. The predicted molar refractivity (Wildman–Crippen MR) is 112 cm³/mol. The van der Waals surface area contributed by atoms with Gasteiger partial charge in [0.2, 0.25) is 10.0 Å². The van der Waals surface area contributed by atoms with Gasteiger partial charge in [0.25, 0.3) is 0 Å². The molecule has 0 spiro atoms. The third-order valence-electron chi connectivity index (χ3n) is 5.04. The van der Waals surface area contributed by atoms with E-state index >= 15 is 0 Å². The first-order valence-corrected chi connectivity index (χ1v) is 12.0. The Kier molecular flexibility index (Phi) is 6.60. The standard InChI is InChI=1S/C19H29N3O3S2/c1-4-25-16-9-10-17-18(11-16)26-19(22-17)21-15-7-5-14(6-8-15)12-20-27(23,24)13(2)3/h9-11,13-15,20H,4-8,12H2,1-3H3,(H,21,22). The molecule has 1 heterocycles. The zero-order chi connectivity index (χ0) is 19.4. The number of hydrogen-bond donors (Lipinski definition) is 2. The van der Waals surface area contributed by atoms with Gasteiger partial charge >= 0.3 is 0 Å². The van der Waals surface area contributed by atoms with Crippen LogP contribution in [0, 0.1) is 5.92 Å². The Balaban J connectivity index is 1.51. The number of aromatic nitrogens is 1. The van der Waals surface area contributed by atoms with Gasteiger partial charge in [-0.15, -0.1) is 0 Å². The quantitative estimate of drug-likeness (QED) is 0.686. The molecule has 6 nitrogen and oxygen atoms in total. The van der Waals surface area contributed by atoms with Crippen LogP contribution in [-0.2, 0) is 10.0 Å². The lowest BCUT2D eigenvalue weighted by molar-refractivity contribution is 0.337. The summed E-state index contributed by atoms with van der Waals surface area (Å²) in [5.41, 5.74) is 0.989. The lowest BCUT2D eigenvalue weighted by Crippen LogP contribution is -2.37. The molecule has 2 aromatic rings. The second kappa shape index (κ2) is 8.75. The van der Waals surface area contributed by atoms with Gasteiger partial charge < -0.3 is 10.1 Å². The van der Waals surface area contributed by atoms with Crippen molar-refractivity contribution in [3.05, 3.63) is 18.2 Å². The van der Waals surface area contributed by atoms with Crippen LogP contribution in [0.25, 0.3) is 10.2 Å². The highest BCUT2D eigenvalue weighted by molar-refractivity contribution is 7.90. The monoisotopic (exact) mass is 411 g/mol. The van der Waals surface area contributed by atoms with Crippen molar-refractivity contribution in [2.75, 3.05) is 18.5 Å². The Morgan fingerprint density at radius 3 is 2.67 bits per heavy atom. The minimum atomic E-state index is -3.17. The van der Waals surface area contributed by atoms with Crippen molar-refractivity contribution in [3.63, 3.8) is 0 Å². The Hall–Kier alpha value is -1.38. The maximum Gasteiger partial charge on any atom is 0.213 e. The average Bonchev–Trinajstić information content (AvgIpc) is 3.03. The summed E-state index contributed by atoms with van der Waals surface area (Å²) in [5, 5.41) is 4.13. The molecule has 8 heteroatoms. The molecular formula is C19H29N3O3S2. The van der Waals surface area contributed by atoms with Gasteiger partial charge in [-0.2, -0.15) is 0 Å². The van der Waals surface area contributed by atoms with E-state index in [2.05, 4.69) is 15.0 Å². The second-order valence-electron chi connectivity index (χ2n) is 7.39. The zero-order valence-corrected chi connectivity index (χ0v) is 17.8. The summed E-state index contributed by atoms with van der Waals surface area (Å²) < 4.78 is 33.2. The minimum Gasteiger partial charge on any atom is -0.494 e. The number of ether oxygens (including phenoxy) is 1. The summed E-state index contributed by atoms with van der Waals surface area (Å²) in [4.78, 5) is 4.68. The van der Waals surface area contributed by atoms with Crippen LogP contribution in [0.1, 0.15) is 46.5 Å². The largest absolute Gasteiger partial charge is 0.494 e. The number of nitrogens with zero attached hydrogens (tertiary/aromatic N) is 1. The maximum absolute atomic E-state index is 11.9. The highest BCUT2D eigenvalue weighted by Gasteiger charge is 2.24. The average molecular weight is 412 g/mol. The van der Waals surface area contributed by atoms with Gasteiger partial charge in [0.05, 0.1) is 22.1 Å². The van der Waals surface area contributed by atoms with Gasteiger partial charge in [0.1, 0.15) is 5.75 Å². The van der Waals surface area contributed by atoms with Crippen molar-refractivity contribution in [3.8, 4) is 5.75 Å². The van der Waals surface area contributed by atoms with Crippen molar-refractivity contribution < 1.29 is 13.2 Å². The third kappa shape index (κ3) is 5.33. The Bertz CT molecular complexity index is 856. The lowest BCUT2D eigenvalue weighted by atomic mass is 9.86. The summed E-state index contributed by atoms with van der Waals surface area (Å²) in [6.45, 7) is 6.60. The number of hydrogen-bond acceptors (Lipinski definition) is 6. The molecule has 27 heavy (non-hydrogen) atoms. The molecule has 1 aliphatic rings. The molecule has 0 amide bonds. The molecule has 3 rings (SSSR count). The Labute approximate surface area is 165 Å². The lowest BCUT2D eigenvalue weighted by Gasteiger charge is -2.29. The highest BCUT2D eigenvalue weighted by atomic mass is 32.2. The molecule has 150 valence electrons. The third-order valence-corrected chi connectivity index (χ3v) is 7.80. The molecule has 2 N–H and O–H groups in total. The topological polar surface area (TPSA) is 80.3 Å². The van der Waals surface area contributed by atoms with Gasteiger partial charge in [-0.05, 0) is 70.6 Å². The molecule has 0 saturated heterocycles. The van der Waals surface area contributed by atoms with Crippen molar-refractivity contribution in [2.45, 2.75) is 57.7 Å². The molecule has 0 radical (unpaired) electrons. The molecule has 1 fully saturated rings. The van der Waals surface area contributed by atoms with Gasteiger partial charge in [-0.3, -0.25) is 0 Å². The fourth-order valence-electron chi connectivity index (χ4n) is 3.31. The molecule has 1 aromatic heterocycles. The van der Waals surface area contributed by atoms with Crippen LogP contribution >= 0.6 is 11.3 Å². The van der Waals surface area contributed by atoms with Crippen LogP contribution in [0.2, 0.25) is 0 Å². The first-order valence-electron chi connectivity index (χ1n) is 9.65. The van der Waals surface area contributed by atoms with E-state index in [1.54, 1.807) is 25.2 Å². The van der Waals surface area contributed by atoms with E-state index in [4.69, 9.17) is 4.74 Å². The molecule has 1 aromatic carbocycles. The zero-order valence-electron chi connectivity index (χ0n) is 16.2. The molecule has 1 aliphatic carbocycles. The number of thiazole rings is 1. The Morgan fingerprint density at radius 1 is 1.26 bits per heavy atom. The number of fused-ring (bicyclic) bond motifs is 1. The summed E-state index contributed by atoms with van der Waals surface area (Å²) in [6.07, 6.45) is 4.12. The normalized spacial score (nSPS) is 20.9. The van der Waals surface area contributed by atoms with Crippen LogP contribution < -0.4 is 14.8 Å². The fourth-order valence-corrected chi connectivity index (χ4v) is 5.08. The number of rotatable bonds is 8. The first-order chi connectivity index (χ1) is 12.9. The predicted octanol–water partition coefficient (Wildman–Crippen LogP) is 3.99. The van der Waals surface area contributed by atoms with E-state index < -0.39 is 10.0 Å². The first kappa shape index (κ1) is 20.4. The van der Waals surface area contributed by atoms with E-state index in [0.717, 1.165) is 46.8 Å². The van der Waals surface area contributed by atoms with Crippen LogP contribution in [0.3, 0.4) is 0 Å². The number of anilines is 1. The smallest absolute Gasteiger partial charge is 0.213 e. The molecule has 0 unspecified atom stereocenters. The number of nitrogens with one attached hydrogen (secondary N) is 2. The van der Waals surface area contributed by atoms with E-state index in [1.807, 2.05) is 25.1 Å². The number of sulfonamides is 1. The van der Waals surface area contributed by atoms with E-state index in [9.17, 15) is 8.42 Å². The SMILES string of the molecule is CCOc1ccc2nc(NC3CCC(CNS(=O)(=O)C(C)C)CC3)sc2c1. The molecule has 1 saturated carbocycles. The van der Waals surface area contributed by atoms with E-state index in [-0.39, 0.29) is 5.25 Å². The summed E-state index contributed by atoms with van der Waals surface area (Å²) in [5.74, 6) is 1.30. The van der Waals surface area contributed by atoms with Crippen LogP contribution in [0.15, 0.2) is 18.2 Å². The summed E-state index contributed by atoms with van der Waals surface area (Å²) in [7, 11) is -3.17. The summed E-state index contributed by atoms with van der Waals surface area (Å²) in [6, 6.07) is 6.40. The van der Waals surface area contributed by atoms with Gasteiger partial charge in [0, 0.05) is 12.6 Å². The van der Waals surface area contributed by atoms with Crippen molar-refractivity contribution in [1.82, 2.24) is 9.71 Å².